The third-order valence-corrected chi connectivity index (χ3v) is 14.0. The first-order valence-electron chi connectivity index (χ1n) is 22.8. The molecule has 0 spiro atoms. The summed E-state index contributed by atoms with van der Waals surface area (Å²) in [7, 11) is 8.95. The van der Waals surface area contributed by atoms with Gasteiger partial charge in [0.1, 0.15) is 30.7 Å². The number of aliphatic hydroxyl groups excluding tert-OH is 3. The zero-order valence-corrected chi connectivity index (χ0v) is 40.0. The predicted molar refractivity (Wildman–Crippen MR) is 240 cm³/mol. The smallest absolute Gasteiger partial charge is 0.311 e. The van der Waals surface area contributed by atoms with E-state index in [1.165, 1.54) is 0 Å². The number of hydrogen-bond acceptors (Lipinski definition) is 14. The third-order valence-electron chi connectivity index (χ3n) is 14.0. The molecule has 14 nitrogen and oxygen atoms in total. The lowest BCUT2D eigenvalue weighted by Crippen LogP contribution is -2.61. The Morgan fingerprint density at radius 1 is 0.810 bits per heavy atom. The molecule has 3 fully saturated rings. The van der Waals surface area contributed by atoms with Gasteiger partial charge < -0.3 is 63.0 Å². The van der Waals surface area contributed by atoms with Gasteiger partial charge in [0, 0.05) is 51.3 Å². The zero-order valence-electron chi connectivity index (χ0n) is 40.0. The van der Waals surface area contributed by atoms with Crippen molar-refractivity contribution in [2.45, 2.75) is 153 Å². The van der Waals surface area contributed by atoms with Crippen molar-refractivity contribution in [3.63, 3.8) is 0 Å². The Labute approximate surface area is 376 Å². The number of carbonyl (C=O) groups is 1. The largest absolute Gasteiger partial charge is 0.489 e. The van der Waals surface area contributed by atoms with Gasteiger partial charge in [-0.2, -0.15) is 0 Å². The number of likely N-dealkylation sites (N-methyl/N-ethyl adjacent to an activating group) is 2. The molecule has 2 aromatic rings. The summed E-state index contributed by atoms with van der Waals surface area (Å²) in [5.41, 5.74) is -0.196. The molecule has 0 saturated carbocycles. The van der Waals surface area contributed by atoms with Crippen molar-refractivity contribution in [3.8, 4) is 16.9 Å². The van der Waals surface area contributed by atoms with E-state index in [2.05, 4.69) is 4.90 Å². The highest BCUT2D eigenvalue weighted by Crippen LogP contribution is 2.41. The number of nitrogens with zero attached hydrogens (tertiary/aromatic N) is 2. The van der Waals surface area contributed by atoms with Gasteiger partial charge in [0.15, 0.2) is 12.6 Å². The molecule has 63 heavy (non-hydrogen) atoms. The van der Waals surface area contributed by atoms with Crippen LogP contribution in [0.1, 0.15) is 74.7 Å². The fourth-order valence-electron chi connectivity index (χ4n) is 10.1. The van der Waals surface area contributed by atoms with Crippen LogP contribution < -0.4 is 4.74 Å². The van der Waals surface area contributed by atoms with Gasteiger partial charge in [0.25, 0.3) is 0 Å². The van der Waals surface area contributed by atoms with Crippen molar-refractivity contribution in [3.05, 3.63) is 54.6 Å². The van der Waals surface area contributed by atoms with E-state index in [0.717, 1.165) is 11.1 Å². The van der Waals surface area contributed by atoms with Gasteiger partial charge in [-0.25, -0.2) is 0 Å². The van der Waals surface area contributed by atoms with Crippen LogP contribution in [-0.2, 0) is 38.0 Å². The van der Waals surface area contributed by atoms with Crippen molar-refractivity contribution in [2.24, 2.45) is 23.7 Å². The Balaban J connectivity index is 1.57. The summed E-state index contributed by atoms with van der Waals surface area (Å²) in [5.74, 6) is -1.88. The topological polar surface area (TPSA) is 158 Å². The van der Waals surface area contributed by atoms with Crippen LogP contribution in [0.15, 0.2) is 54.6 Å². The van der Waals surface area contributed by atoms with Crippen LogP contribution in [0.2, 0.25) is 0 Å². The van der Waals surface area contributed by atoms with Crippen LogP contribution in [0.3, 0.4) is 0 Å². The molecule has 3 aliphatic heterocycles. The number of methoxy groups -OCH3 is 2. The van der Waals surface area contributed by atoms with E-state index in [9.17, 15) is 20.1 Å². The van der Waals surface area contributed by atoms with E-state index in [0.29, 0.717) is 31.7 Å². The second-order valence-electron chi connectivity index (χ2n) is 19.4. The second-order valence-corrected chi connectivity index (χ2v) is 19.4. The van der Waals surface area contributed by atoms with E-state index in [1.54, 1.807) is 28.1 Å². The Bertz CT molecular complexity index is 1720. The molecule has 5 rings (SSSR count). The van der Waals surface area contributed by atoms with Crippen LogP contribution in [0.25, 0.3) is 11.1 Å². The number of rotatable bonds is 11. The van der Waals surface area contributed by atoms with E-state index in [4.69, 9.17) is 37.9 Å². The molecule has 3 N–H and O–H groups in total. The number of aliphatic hydroxyl groups is 3. The minimum absolute atomic E-state index is 0.0595. The zero-order chi connectivity index (χ0) is 46.4. The first-order chi connectivity index (χ1) is 29.7. The Kier molecular flexibility index (Phi) is 18.0. The third kappa shape index (κ3) is 12.4. The fraction of sp³-hybridized carbons (Fsp3) is 0.735. The highest BCUT2D eigenvalue weighted by atomic mass is 16.7. The molecule has 0 amide bonds. The van der Waals surface area contributed by atoms with Crippen molar-refractivity contribution in [1.29, 1.82) is 0 Å². The first-order valence-corrected chi connectivity index (χ1v) is 22.8. The molecule has 2 aromatic carbocycles. The standard InChI is InChI=1S/C49H78N2O12/c1-29-24-49(8,57-13)45(63-47-42(53)38(50(9)10)23-31(3)59-47)32(4)43(62-40-25-48(7,56-12)44(54)34(6)60-40)33(5)46(55)61-36(27-51(11)26-30(2)41(29)52)28-58-39-22-18-17-21-37(39)35-19-15-14-16-20-35/h14-22,29-34,36,38,40-45,47,52-54H,23-28H2,1-13H3/t29-,30-,31-,32+,33-,34+,36-,38+,40+,41+,42-,43+,44+,45-,47+,48-,49-/m1/s1. The summed E-state index contributed by atoms with van der Waals surface area (Å²) in [4.78, 5) is 18.8. The molecule has 3 aliphatic rings. The lowest BCUT2D eigenvalue weighted by molar-refractivity contribution is -0.319. The van der Waals surface area contributed by atoms with Gasteiger partial charge in [-0.05, 0) is 92.1 Å². The molecule has 0 unspecified atom stereocenters. The molecule has 356 valence electrons. The highest BCUT2D eigenvalue weighted by molar-refractivity contribution is 5.73. The van der Waals surface area contributed by atoms with E-state index >= 15 is 0 Å². The number of hydrogen-bond donors (Lipinski definition) is 3. The summed E-state index contributed by atoms with van der Waals surface area (Å²) in [6.07, 6.45) is -6.93. The maximum Gasteiger partial charge on any atom is 0.311 e. The Hall–Kier alpha value is -2.73. The summed E-state index contributed by atoms with van der Waals surface area (Å²) < 4.78 is 51.9. The molecule has 17 atom stereocenters. The quantitative estimate of drug-likeness (QED) is 0.247. The number of cyclic esters (lactones) is 1. The van der Waals surface area contributed by atoms with Crippen molar-refractivity contribution < 1.29 is 58.0 Å². The number of carbonyl (C=O) groups excluding carboxylic acids is 1. The first kappa shape index (κ1) is 51.3. The van der Waals surface area contributed by atoms with Crippen LogP contribution in [0.5, 0.6) is 5.75 Å². The minimum atomic E-state index is -1.10. The van der Waals surface area contributed by atoms with Gasteiger partial charge in [-0.15, -0.1) is 0 Å². The van der Waals surface area contributed by atoms with Gasteiger partial charge in [-0.1, -0.05) is 69.3 Å². The van der Waals surface area contributed by atoms with Crippen LogP contribution in [0, 0.1) is 23.7 Å². The summed E-state index contributed by atoms with van der Waals surface area (Å²) in [6, 6.07) is 17.5. The van der Waals surface area contributed by atoms with E-state index < -0.39 is 84.3 Å². The maximum atomic E-state index is 14.8. The second kappa shape index (κ2) is 22.2. The average molecular weight is 887 g/mol. The molecule has 0 bridgehead atoms. The normalized spacial score (nSPS) is 40.5. The summed E-state index contributed by atoms with van der Waals surface area (Å²) in [5, 5.41) is 34.9. The maximum absolute atomic E-state index is 14.8. The fourth-order valence-corrected chi connectivity index (χ4v) is 10.1. The molecule has 3 saturated heterocycles. The summed E-state index contributed by atoms with van der Waals surface area (Å²) >= 11 is 0. The molecule has 0 aromatic heterocycles. The Morgan fingerprint density at radius 2 is 1.46 bits per heavy atom. The van der Waals surface area contributed by atoms with Crippen LogP contribution >= 0.6 is 0 Å². The van der Waals surface area contributed by atoms with E-state index in [-0.39, 0.29) is 37.0 Å². The molecular weight excluding hydrogens is 809 g/mol. The molecule has 3 heterocycles. The van der Waals surface area contributed by atoms with Gasteiger partial charge in [0.2, 0.25) is 0 Å². The van der Waals surface area contributed by atoms with Gasteiger partial charge in [0.05, 0.1) is 47.6 Å². The minimum Gasteiger partial charge on any atom is -0.489 e. The number of ether oxygens (including phenoxy) is 8. The SMILES string of the molecule is CO[C@]1(C)C[C@@H](C)[C@H](O)[C@H](C)CN(C)C[C@H](COc2ccccc2-c2ccccc2)OC(=O)[C@H](C)[C@@H](O[C@H]2C[C@@](C)(OC)[C@@H](O)[C@H](C)O2)[C@H](C)[C@H]1O[C@@H]1O[C@H](C)C[C@H](N(C)C)[C@H]1O. The van der Waals surface area contributed by atoms with E-state index in [1.807, 2.05) is 122 Å². The Morgan fingerprint density at radius 3 is 2.11 bits per heavy atom. The molecule has 0 aliphatic carbocycles. The number of para-hydroxylation sites is 1. The number of esters is 1. The van der Waals surface area contributed by atoms with Crippen molar-refractivity contribution in [1.82, 2.24) is 9.80 Å². The average Bonchev–Trinajstić information content (AvgIpc) is 3.25. The summed E-state index contributed by atoms with van der Waals surface area (Å²) in [6.45, 7) is 16.1. The highest BCUT2D eigenvalue weighted by Gasteiger charge is 2.52. The van der Waals surface area contributed by atoms with Crippen molar-refractivity contribution >= 4 is 5.97 Å². The van der Waals surface area contributed by atoms with Gasteiger partial charge >= 0.3 is 5.97 Å². The lowest BCUT2D eigenvalue weighted by Gasteiger charge is -2.49. The predicted octanol–water partition coefficient (Wildman–Crippen LogP) is 5.39. The van der Waals surface area contributed by atoms with Crippen molar-refractivity contribution in [2.75, 3.05) is 55.1 Å². The lowest BCUT2D eigenvalue weighted by atomic mass is 9.75. The molecule has 0 radical (unpaired) electrons. The molecule has 14 heteroatoms. The molecular formula is C49H78N2O12. The number of benzene rings is 2. The van der Waals surface area contributed by atoms with Crippen LogP contribution in [0.4, 0.5) is 0 Å². The van der Waals surface area contributed by atoms with Crippen LogP contribution in [-0.4, -0.2) is 165 Å². The van der Waals surface area contributed by atoms with Gasteiger partial charge in [-0.3, -0.25) is 4.79 Å². The monoisotopic (exact) mass is 887 g/mol.